The van der Waals surface area contributed by atoms with Crippen LogP contribution in [0.25, 0.3) is 0 Å². The average Bonchev–Trinajstić information content (AvgIpc) is 3.04. The van der Waals surface area contributed by atoms with Crippen LogP contribution in [0.5, 0.6) is 0 Å². The van der Waals surface area contributed by atoms with Crippen molar-refractivity contribution in [2.45, 2.75) is 119 Å². The summed E-state index contributed by atoms with van der Waals surface area (Å²) in [4.78, 5) is 0. The van der Waals surface area contributed by atoms with E-state index >= 15 is 0 Å². The first-order valence-electron chi connectivity index (χ1n) is 13.6. The van der Waals surface area contributed by atoms with Crippen LogP contribution in [0.3, 0.4) is 0 Å². The quantitative estimate of drug-likeness (QED) is 0.421. The molecule has 5 rings (SSSR count). The van der Waals surface area contributed by atoms with Crippen LogP contribution in [0.4, 0.5) is 0 Å². The molecule has 0 bridgehead atoms. The van der Waals surface area contributed by atoms with Crippen LogP contribution < -0.4 is 0 Å². The van der Waals surface area contributed by atoms with Crippen molar-refractivity contribution in [2.75, 3.05) is 0 Å². The van der Waals surface area contributed by atoms with E-state index in [9.17, 15) is 5.11 Å². The lowest BCUT2D eigenvalue weighted by molar-refractivity contribution is -0.246. The molecule has 5 aliphatic rings. The molecule has 0 spiro atoms. The van der Waals surface area contributed by atoms with Crippen LogP contribution in [-0.2, 0) is 0 Å². The number of aliphatic hydroxyl groups excluding tert-OH is 1. The SMILES string of the molecule is C=C(C)C1CCC2(C)CC[C@]3(C)[C@H](CC[C@@H]4[C@@]5(C)CCC(O)C(C)(C)[C@@H]5CC[C@]43C)C12. The third kappa shape index (κ3) is 2.65. The van der Waals surface area contributed by atoms with E-state index in [-0.39, 0.29) is 11.5 Å². The summed E-state index contributed by atoms with van der Waals surface area (Å²) in [6, 6.07) is 0. The Morgan fingerprint density at radius 1 is 0.742 bits per heavy atom. The van der Waals surface area contributed by atoms with Crippen LogP contribution in [0.15, 0.2) is 12.2 Å². The molecule has 0 amide bonds. The predicted molar refractivity (Wildman–Crippen MR) is 131 cm³/mol. The van der Waals surface area contributed by atoms with Gasteiger partial charge in [0.2, 0.25) is 0 Å². The van der Waals surface area contributed by atoms with E-state index in [0.717, 1.165) is 30.1 Å². The Bertz CT molecular complexity index is 766. The molecule has 5 aliphatic carbocycles. The smallest absolute Gasteiger partial charge is 0.0594 e. The van der Waals surface area contributed by atoms with Crippen molar-refractivity contribution in [1.29, 1.82) is 0 Å². The molecule has 10 atom stereocenters. The van der Waals surface area contributed by atoms with E-state index in [1.807, 2.05) is 0 Å². The molecule has 1 heteroatoms. The number of fused-ring (bicyclic) bond motifs is 7. The lowest BCUT2D eigenvalue weighted by Crippen LogP contribution is -2.66. The molecule has 1 N–H and O–H groups in total. The molecule has 0 aromatic rings. The highest BCUT2D eigenvalue weighted by atomic mass is 16.3. The third-order valence-corrected chi connectivity index (χ3v) is 13.5. The van der Waals surface area contributed by atoms with Gasteiger partial charge in [0, 0.05) is 0 Å². The number of rotatable bonds is 1. The molecule has 4 unspecified atom stereocenters. The zero-order valence-electron chi connectivity index (χ0n) is 21.7. The van der Waals surface area contributed by atoms with Gasteiger partial charge >= 0.3 is 0 Å². The fourth-order valence-electron chi connectivity index (χ4n) is 11.5. The van der Waals surface area contributed by atoms with E-state index in [0.29, 0.717) is 27.6 Å². The molecular formula is C30H50O. The lowest BCUT2D eigenvalue weighted by Gasteiger charge is -2.73. The minimum absolute atomic E-state index is 0.0632. The first-order chi connectivity index (χ1) is 14.3. The third-order valence-electron chi connectivity index (χ3n) is 13.5. The van der Waals surface area contributed by atoms with Crippen molar-refractivity contribution in [3.05, 3.63) is 12.2 Å². The molecule has 0 radical (unpaired) electrons. The molecule has 5 fully saturated rings. The molecule has 1 nitrogen and oxygen atoms in total. The van der Waals surface area contributed by atoms with Gasteiger partial charge in [0.05, 0.1) is 6.10 Å². The predicted octanol–water partition coefficient (Wildman–Crippen LogP) is 8.02. The zero-order valence-corrected chi connectivity index (χ0v) is 21.7. The molecule has 0 heterocycles. The minimum atomic E-state index is -0.118. The molecule has 0 aromatic carbocycles. The van der Waals surface area contributed by atoms with Gasteiger partial charge in [-0.3, -0.25) is 0 Å². The molecule has 0 aromatic heterocycles. The zero-order chi connectivity index (χ0) is 22.6. The van der Waals surface area contributed by atoms with Gasteiger partial charge in [0.15, 0.2) is 0 Å². The average molecular weight is 427 g/mol. The topological polar surface area (TPSA) is 20.2 Å². The van der Waals surface area contributed by atoms with Crippen molar-refractivity contribution in [3.8, 4) is 0 Å². The normalized spacial score (nSPS) is 57.9. The van der Waals surface area contributed by atoms with Crippen molar-refractivity contribution in [1.82, 2.24) is 0 Å². The van der Waals surface area contributed by atoms with Gasteiger partial charge in [-0.15, -0.1) is 0 Å². The van der Waals surface area contributed by atoms with Gasteiger partial charge in [-0.05, 0) is 128 Å². The van der Waals surface area contributed by atoms with E-state index in [1.54, 1.807) is 0 Å². The van der Waals surface area contributed by atoms with Crippen LogP contribution in [-0.4, -0.2) is 11.2 Å². The number of aliphatic hydroxyl groups is 1. The van der Waals surface area contributed by atoms with Gasteiger partial charge in [0.1, 0.15) is 0 Å². The Morgan fingerprint density at radius 3 is 2.13 bits per heavy atom. The Kier molecular flexibility index (Phi) is 4.82. The molecule has 5 saturated carbocycles. The van der Waals surface area contributed by atoms with Crippen LogP contribution in [0.1, 0.15) is 113 Å². The highest BCUT2D eigenvalue weighted by Gasteiger charge is 2.70. The highest BCUT2D eigenvalue weighted by Crippen LogP contribution is 2.77. The van der Waals surface area contributed by atoms with Crippen molar-refractivity contribution in [3.63, 3.8) is 0 Å². The highest BCUT2D eigenvalue weighted by molar-refractivity contribution is 5.21. The Labute approximate surface area is 192 Å². The van der Waals surface area contributed by atoms with Gasteiger partial charge in [-0.25, -0.2) is 0 Å². The van der Waals surface area contributed by atoms with E-state index < -0.39 is 0 Å². The Balaban J connectivity index is 1.54. The first-order valence-corrected chi connectivity index (χ1v) is 13.6. The molecule has 0 saturated heterocycles. The Morgan fingerprint density at radius 2 is 1.45 bits per heavy atom. The van der Waals surface area contributed by atoms with Crippen LogP contribution >= 0.6 is 0 Å². The fraction of sp³-hybridized carbons (Fsp3) is 0.933. The number of allylic oxidation sites excluding steroid dienone is 1. The maximum absolute atomic E-state index is 10.9. The summed E-state index contributed by atoms with van der Waals surface area (Å²) < 4.78 is 0. The molecule has 31 heavy (non-hydrogen) atoms. The monoisotopic (exact) mass is 426 g/mol. The summed E-state index contributed by atoms with van der Waals surface area (Å²) in [7, 11) is 0. The van der Waals surface area contributed by atoms with E-state index in [1.165, 1.54) is 63.4 Å². The lowest BCUT2D eigenvalue weighted by atomic mass is 9.32. The second kappa shape index (κ2) is 6.64. The first kappa shape index (κ1) is 22.5. The van der Waals surface area contributed by atoms with Gasteiger partial charge in [-0.1, -0.05) is 53.7 Å². The summed E-state index contributed by atoms with van der Waals surface area (Å²) in [6.07, 6.45) is 13.4. The number of hydrogen-bond donors (Lipinski definition) is 1. The molecule has 176 valence electrons. The fourth-order valence-corrected chi connectivity index (χ4v) is 11.5. The second-order valence-electron chi connectivity index (χ2n) is 14.7. The molecular weight excluding hydrogens is 376 g/mol. The maximum atomic E-state index is 10.9. The second-order valence-corrected chi connectivity index (χ2v) is 14.7. The summed E-state index contributed by atoms with van der Waals surface area (Å²) in [5.74, 6) is 3.98. The van der Waals surface area contributed by atoms with Gasteiger partial charge in [0.25, 0.3) is 0 Å². The minimum Gasteiger partial charge on any atom is -0.393 e. The summed E-state index contributed by atoms with van der Waals surface area (Å²) in [6.45, 7) is 22.3. The number of hydrogen-bond acceptors (Lipinski definition) is 1. The standard InChI is InChI=1S/C30H50O/c1-19(2)20-11-14-27(5)17-18-29(7)21(25(20)27)9-10-23-28(6)15-13-24(31)26(3,4)22(28)12-16-30(23,29)8/h20-25,31H,1,9-18H2,2-8H3/t20?,21-,22+,23-,24?,25?,27?,28+,29-,30-/m1/s1. The summed E-state index contributed by atoms with van der Waals surface area (Å²) in [5, 5.41) is 10.9. The van der Waals surface area contributed by atoms with Gasteiger partial charge in [-0.2, -0.15) is 0 Å². The summed E-state index contributed by atoms with van der Waals surface area (Å²) >= 11 is 0. The van der Waals surface area contributed by atoms with Crippen molar-refractivity contribution in [2.24, 2.45) is 56.7 Å². The van der Waals surface area contributed by atoms with Crippen LogP contribution in [0.2, 0.25) is 0 Å². The largest absolute Gasteiger partial charge is 0.393 e. The molecule has 0 aliphatic heterocycles. The van der Waals surface area contributed by atoms with Crippen LogP contribution in [0, 0.1) is 56.7 Å². The van der Waals surface area contributed by atoms with Gasteiger partial charge < -0.3 is 5.11 Å². The summed E-state index contributed by atoms with van der Waals surface area (Å²) in [5.41, 5.74) is 3.38. The van der Waals surface area contributed by atoms with Crippen molar-refractivity contribution >= 4 is 0 Å². The Hall–Kier alpha value is -0.300. The van der Waals surface area contributed by atoms with E-state index in [2.05, 4.69) is 55.0 Å². The van der Waals surface area contributed by atoms with Crippen molar-refractivity contribution < 1.29 is 5.11 Å². The van der Waals surface area contributed by atoms with E-state index in [4.69, 9.17) is 0 Å². The maximum Gasteiger partial charge on any atom is 0.0594 e.